The minimum atomic E-state index is -4.61. The Balaban J connectivity index is 2.36. The fourth-order valence-electron chi connectivity index (χ4n) is 7.73. The number of unbranched alkanes of at least 4 members (excludes halogenated alkanes) is 23. The van der Waals surface area contributed by atoms with E-state index in [1.165, 1.54) is 116 Å². The van der Waals surface area contributed by atoms with Gasteiger partial charge in [0.2, 0.25) is 0 Å². The number of hydrogen-bond acceptors (Lipinski definition) is 11. The van der Waals surface area contributed by atoms with Crippen LogP contribution in [0.25, 0.3) is 0 Å². The molecule has 13 heteroatoms. The maximum Gasteiger partial charge on any atom is 0.306 e. The van der Waals surface area contributed by atoms with E-state index in [4.69, 9.17) is 18.9 Å². The number of carbonyl (C=O) groups excluding carboxylic acids is 2. The van der Waals surface area contributed by atoms with Crippen LogP contribution in [-0.2, 0) is 38.7 Å². The molecule has 0 aromatic rings. The Morgan fingerprint density at radius 2 is 0.969 bits per heavy atom. The fourth-order valence-corrected chi connectivity index (χ4v) is 8.42. The van der Waals surface area contributed by atoms with Crippen LogP contribution >= 0.6 is 0 Å². The second kappa shape index (κ2) is 41.8. The first-order chi connectivity index (χ1) is 31.5. The standard InChI is InChI=1S/C52H92O12S/c1-3-5-7-9-11-13-15-17-19-20-21-22-23-24-25-27-28-30-32-34-36-38-40-47(53)61-42-45(43-62-52-51(57)50(56)49(55)46(64-52)44-65(58,59)60)63-48(54)41-39-37-35-33-31-29-26-18-16-14-12-10-8-6-4-2/h6,8,12,14,18,26,31,33,45-46,49-52,55-57H,3-5,7,9-11,13,15-17,19-25,27-30,32,34-44H2,1-2H3,(H,58,59,60)/b8-6-,14-12-,26-18-,33-31-. The van der Waals surface area contributed by atoms with E-state index in [0.29, 0.717) is 12.8 Å². The highest BCUT2D eigenvalue weighted by atomic mass is 32.2. The summed E-state index contributed by atoms with van der Waals surface area (Å²) in [4.78, 5) is 25.5. The molecule has 0 aromatic heterocycles. The van der Waals surface area contributed by atoms with Crippen LogP contribution in [0.1, 0.15) is 213 Å². The molecule has 6 atom stereocenters. The summed E-state index contributed by atoms with van der Waals surface area (Å²) in [5, 5.41) is 30.9. The van der Waals surface area contributed by atoms with Crippen LogP contribution in [0, 0.1) is 0 Å². The monoisotopic (exact) mass is 941 g/mol. The van der Waals surface area contributed by atoms with Gasteiger partial charge in [0, 0.05) is 12.8 Å². The molecule has 1 rings (SSSR count). The summed E-state index contributed by atoms with van der Waals surface area (Å²) in [6.45, 7) is 3.64. The zero-order valence-corrected chi connectivity index (χ0v) is 41.4. The van der Waals surface area contributed by atoms with E-state index in [1.54, 1.807) is 0 Å². The molecule has 0 saturated carbocycles. The van der Waals surface area contributed by atoms with E-state index in [2.05, 4.69) is 62.5 Å². The van der Waals surface area contributed by atoms with Crippen LogP contribution < -0.4 is 0 Å². The van der Waals surface area contributed by atoms with Gasteiger partial charge in [0.25, 0.3) is 10.1 Å². The van der Waals surface area contributed by atoms with Gasteiger partial charge in [0.15, 0.2) is 12.4 Å². The molecule has 0 spiro atoms. The first-order valence-corrected chi connectivity index (χ1v) is 27.3. The molecule has 0 aromatic carbocycles. The van der Waals surface area contributed by atoms with Crippen LogP contribution in [0.5, 0.6) is 0 Å². The normalized spacial score (nSPS) is 19.9. The molecule has 0 amide bonds. The summed E-state index contributed by atoms with van der Waals surface area (Å²) >= 11 is 0. The number of esters is 2. The van der Waals surface area contributed by atoms with E-state index in [-0.39, 0.29) is 19.4 Å². The lowest BCUT2D eigenvalue weighted by molar-refractivity contribution is -0.297. The van der Waals surface area contributed by atoms with Crippen molar-refractivity contribution in [2.24, 2.45) is 0 Å². The summed E-state index contributed by atoms with van der Waals surface area (Å²) in [5.41, 5.74) is 0. The zero-order chi connectivity index (χ0) is 47.6. The molecule has 65 heavy (non-hydrogen) atoms. The third-order valence-corrected chi connectivity index (χ3v) is 12.4. The topological polar surface area (TPSA) is 186 Å². The zero-order valence-electron chi connectivity index (χ0n) is 40.6. The molecule has 0 aliphatic carbocycles. The average molecular weight is 941 g/mol. The molecule has 1 aliphatic rings. The summed E-state index contributed by atoms with van der Waals surface area (Å²) in [6, 6.07) is 0. The molecule has 1 heterocycles. The van der Waals surface area contributed by atoms with Gasteiger partial charge in [0.05, 0.1) is 6.61 Å². The van der Waals surface area contributed by atoms with Gasteiger partial charge >= 0.3 is 11.9 Å². The van der Waals surface area contributed by atoms with Crippen molar-refractivity contribution in [3.05, 3.63) is 48.6 Å². The van der Waals surface area contributed by atoms with Gasteiger partial charge in [-0.05, 0) is 51.4 Å². The highest BCUT2D eigenvalue weighted by molar-refractivity contribution is 7.85. The third-order valence-electron chi connectivity index (χ3n) is 11.7. The van der Waals surface area contributed by atoms with Gasteiger partial charge < -0.3 is 34.3 Å². The first-order valence-electron chi connectivity index (χ1n) is 25.7. The lowest BCUT2D eigenvalue weighted by Crippen LogP contribution is -2.60. The van der Waals surface area contributed by atoms with E-state index in [0.717, 1.165) is 57.8 Å². The van der Waals surface area contributed by atoms with Crippen LogP contribution in [0.4, 0.5) is 0 Å². The Hall–Kier alpha value is -2.39. The van der Waals surface area contributed by atoms with Gasteiger partial charge in [-0.3, -0.25) is 14.1 Å². The lowest BCUT2D eigenvalue weighted by Gasteiger charge is -2.40. The van der Waals surface area contributed by atoms with Crippen molar-refractivity contribution in [3.63, 3.8) is 0 Å². The molecule has 0 radical (unpaired) electrons. The number of hydrogen-bond donors (Lipinski definition) is 4. The second-order valence-corrected chi connectivity index (χ2v) is 19.3. The van der Waals surface area contributed by atoms with Gasteiger partial charge in [-0.15, -0.1) is 0 Å². The fraction of sp³-hybridized carbons (Fsp3) is 0.808. The largest absolute Gasteiger partial charge is 0.462 e. The highest BCUT2D eigenvalue weighted by Crippen LogP contribution is 2.24. The molecule has 0 bridgehead atoms. The van der Waals surface area contributed by atoms with Gasteiger partial charge in [0.1, 0.15) is 36.8 Å². The average Bonchev–Trinajstić information content (AvgIpc) is 3.27. The minimum absolute atomic E-state index is 0.112. The molecular formula is C52H92O12S. The second-order valence-electron chi connectivity index (χ2n) is 17.8. The minimum Gasteiger partial charge on any atom is -0.462 e. The molecular weight excluding hydrogens is 849 g/mol. The molecule has 378 valence electrons. The molecule has 6 unspecified atom stereocenters. The predicted octanol–water partition coefficient (Wildman–Crippen LogP) is 11.5. The van der Waals surface area contributed by atoms with E-state index in [1.807, 2.05) is 0 Å². The Labute approximate surface area is 394 Å². The maximum atomic E-state index is 12.8. The van der Waals surface area contributed by atoms with Crippen molar-refractivity contribution >= 4 is 22.1 Å². The quantitative estimate of drug-likeness (QED) is 0.0196. The molecule has 1 saturated heterocycles. The Morgan fingerprint density at radius 3 is 1.45 bits per heavy atom. The highest BCUT2D eigenvalue weighted by Gasteiger charge is 2.46. The summed E-state index contributed by atoms with van der Waals surface area (Å²) in [5.74, 6) is -2.03. The van der Waals surface area contributed by atoms with Crippen LogP contribution in [0.3, 0.4) is 0 Å². The summed E-state index contributed by atoms with van der Waals surface area (Å²) in [7, 11) is -4.61. The van der Waals surface area contributed by atoms with Gasteiger partial charge in [-0.1, -0.05) is 197 Å². The number of aliphatic hydroxyl groups excluding tert-OH is 3. The predicted molar refractivity (Wildman–Crippen MR) is 261 cm³/mol. The maximum absolute atomic E-state index is 12.8. The van der Waals surface area contributed by atoms with E-state index >= 15 is 0 Å². The van der Waals surface area contributed by atoms with Crippen molar-refractivity contribution in [1.29, 1.82) is 0 Å². The van der Waals surface area contributed by atoms with Crippen molar-refractivity contribution in [2.45, 2.75) is 250 Å². The molecule has 12 nitrogen and oxygen atoms in total. The Morgan fingerprint density at radius 1 is 0.538 bits per heavy atom. The Bertz CT molecular complexity index is 1380. The number of rotatable bonds is 43. The third kappa shape index (κ3) is 36.3. The molecule has 1 fully saturated rings. The van der Waals surface area contributed by atoms with Gasteiger partial charge in [-0.2, -0.15) is 8.42 Å². The molecule has 1 aliphatic heterocycles. The summed E-state index contributed by atoms with van der Waals surface area (Å²) < 4.78 is 54.2. The number of ether oxygens (including phenoxy) is 4. The van der Waals surface area contributed by atoms with Crippen LogP contribution in [0.2, 0.25) is 0 Å². The lowest BCUT2D eigenvalue weighted by atomic mass is 10.00. The van der Waals surface area contributed by atoms with Crippen molar-refractivity contribution in [2.75, 3.05) is 19.0 Å². The number of carbonyl (C=O) groups is 2. The van der Waals surface area contributed by atoms with E-state index < -0.39 is 71.2 Å². The Kier molecular flexibility index (Phi) is 39.0. The van der Waals surface area contributed by atoms with Crippen LogP contribution in [-0.4, -0.2) is 96.0 Å². The van der Waals surface area contributed by atoms with Crippen molar-refractivity contribution < 1.29 is 56.8 Å². The van der Waals surface area contributed by atoms with Crippen molar-refractivity contribution in [3.8, 4) is 0 Å². The van der Waals surface area contributed by atoms with Crippen molar-refractivity contribution in [1.82, 2.24) is 0 Å². The summed E-state index contributed by atoms with van der Waals surface area (Å²) in [6.07, 6.45) is 41.7. The smallest absolute Gasteiger partial charge is 0.306 e. The first kappa shape index (κ1) is 60.6. The number of allylic oxidation sites excluding steroid dienone is 8. The van der Waals surface area contributed by atoms with Crippen LogP contribution in [0.15, 0.2) is 48.6 Å². The van der Waals surface area contributed by atoms with Gasteiger partial charge in [-0.25, -0.2) is 0 Å². The number of aliphatic hydroxyl groups is 3. The van der Waals surface area contributed by atoms with E-state index in [9.17, 15) is 37.9 Å². The molecule has 4 N–H and O–H groups in total. The SMILES string of the molecule is CC/C=C\C/C=C\C/C=C\C/C=C\CCCCC(=O)OC(COC(=O)CCCCCCCCCCCCCCCCCCCCCCCC)COC1OC(CS(=O)(=O)O)C(O)C(O)C1O.